The van der Waals surface area contributed by atoms with Crippen molar-refractivity contribution in [2.45, 2.75) is 18.9 Å². The van der Waals surface area contributed by atoms with Gasteiger partial charge in [-0.2, -0.15) is 5.10 Å². The number of amides is 1. The molecule has 0 aliphatic heterocycles. The van der Waals surface area contributed by atoms with Crippen LogP contribution in [-0.4, -0.2) is 39.3 Å². The fourth-order valence-corrected chi connectivity index (χ4v) is 2.69. The fraction of sp³-hybridized carbons (Fsp3) is 0.250. The maximum absolute atomic E-state index is 11.9. The van der Waals surface area contributed by atoms with Crippen molar-refractivity contribution in [1.82, 2.24) is 20.5 Å². The first-order valence-electron chi connectivity index (χ1n) is 8.87. The number of carbonyl (C=O) groups is 1. The van der Waals surface area contributed by atoms with E-state index in [4.69, 9.17) is 0 Å². The Morgan fingerprint density at radius 2 is 1.79 bits per heavy atom. The zero-order valence-electron chi connectivity index (χ0n) is 15.7. The normalized spacial score (nSPS) is 11.1. The molecule has 156 valence electrons. The van der Waals surface area contributed by atoms with Crippen molar-refractivity contribution in [3.8, 4) is 0 Å². The van der Waals surface area contributed by atoms with Gasteiger partial charge in [-0.1, -0.05) is 42.5 Å². The first kappa shape index (κ1) is 24.6. The molecule has 1 unspecified atom stereocenters. The van der Waals surface area contributed by atoms with E-state index in [-0.39, 0.29) is 37.1 Å². The molecule has 0 spiro atoms. The molecule has 1 amide bonds. The number of aromatic nitrogens is 3. The molecular formula is C20H25Cl2N5O2. The van der Waals surface area contributed by atoms with E-state index in [0.717, 1.165) is 29.8 Å². The number of nitrogens with one attached hydrogen (secondary N) is 3. The molecule has 0 bridgehead atoms. The number of aliphatic hydroxyl groups is 1. The molecule has 0 aliphatic carbocycles. The minimum Gasteiger partial charge on any atom is -0.387 e. The van der Waals surface area contributed by atoms with Gasteiger partial charge in [-0.15, -0.1) is 24.8 Å². The first-order chi connectivity index (χ1) is 13.2. The summed E-state index contributed by atoms with van der Waals surface area (Å²) in [4.78, 5) is 15.9. The highest BCUT2D eigenvalue weighted by molar-refractivity contribution is 5.91. The summed E-state index contributed by atoms with van der Waals surface area (Å²) in [5.41, 5.74) is 2.82. The molecule has 0 fully saturated rings. The molecule has 0 saturated heterocycles. The molecule has 4 N–H and O–H groups in total. The highest BCUT2D eigenvalue weighted by Gasteiger charge is 2.07. The predicted octanol–water partition coefficient (Wildman–Crippen LogP) is 2.70. The topological polar surface area (TPSA) is 103 Å². The average Bonchev–Trinajstić information content (AvgIpc) is 3.20. The van der Waals surface area contributed by atoms with Crippen molar-refractivity contribution >= 4 is 36.4 Å². The van der Waals surface area contributed by atoms with Gasteiger partial charge in [-0.3, -0.25) is 9.89 Å². The molecule has 29 heavy (non-hydrogen) atoms. The number of aromatic amines is 1. The van der Waals surface area contributed by atoms with Crippen molar-refractivity contribution < 1.29 is 9.90 Å². The van der Waals surface area contributed by atoms with E-state index in [9.17, 15) is 9.90 Å². The van der Waals surface area contributed by atoms with Gasteiger partial charge >= 0.3 is 0 Å². The number of H-pyrrole nitrogens is 1. The molecule has 9 heteroatoms. The van der Waals surface area contributed by atoms with Crippen molar-refractivity contribution in [2.24, 2.45) is 0 Å². The lowest BCUT2D eigenvalue weighted by Crippen LogP contribution is -2.23. The van der Waals surface area contributed by atoms with E-state index in [1.54, 1.807) is 0 Å². The van der Waals surface area contributed by atoms with Crippen LogP contribution >= 0.6 is 24.8 Å². The Kier molecular flexibility index (Phi) is 10.9. The number of nitrogens with zero attached hydrogens (tertiary/aromatic N) is 2. The predicted molar refractivity (Wildman–Crippen MR) is 118 cm³/mol. The number of hydrogen-bond acceptors (Lipinski definition) is 5. The van der Waals surface area contributed by atoms with Crippen LogP contribution < -0.4 is 10.6 Å². The van der Waals surface area contributed by atoms with E-state index < -0.39 is 6.10 Å². The van der Waals surface area contributed by atoms with Crippen LogP contribution in [0.3, 0.4) is 0 Å². The van der Waals surface area contributed by atoms with Crippen LogP contribution in [0.5, 0.6) is 0 Å². The summed E-state index contributed by atoms with van der Waals surface area (Å²) in [6, 6.07) is 17.3. The summed E-state index contributed by atoms with van der Waals surface area (Å²) in [6.07, 6.45) is 1.88. The Balaban J connectivity index is 0.00000210. The average molecular weight is 438 g/mol. The molecule has 3 rings (SSSR count). The largest absolute Gasteiger partial charge is 0.387 e. The molecule has 0 radical (unpaired) electrons. The van der Waals surface area contributed by atoms with Gasteiger partial charge in [0.05, 0.1) is 12.5 Å². The minimum absolute atomic E-state index is 0. The van der Waals surface area contributed by atoms with Crippen LogP contribution in [0.15, 0.2) is 60.9 Å². The second-order valence-corrected chi connectivity index (χ2v) is 6.23. The Bertz CT molecular complexity index is 830. The van der Waals surface area contributed by atoms with Crippen LogP contribution in [0.1, 0.15) is 23.1 Å². The molecule has 2 aromatic carbocycles. The van der Waals surface area contributed by atoms with Gasteiger partial charge in [-0.25, -0.2) is 4.98 Å². The van der Waals surface area contributed by atoms with E-state index in [1.807, 2.05) is 54.6 Å². The molecule has 0 saturated carbocycles. The smallest absolute Gasteiger partial charge is 0.232 e. The van der Waals surface area contributed by atoms with Crippen LogP contribution in [-0.2, 0) is 17.6 Å². The van der Waals surface area contributed by atoms with Crippen molar-refractivity contribution in [3.63, 3.8) is 0 Å². The van der Waals surface area contributed by atoms with Gasteiger partial charge in [-0.05, 0) is 36.2 Å². The van der Waals surface area contributed by atoms with Gasteiger partial charge < -0.3 is 15.7 Å². The van der Waals surface area contributed by atoms with Crippen molar-refractivity contribution in [1.29, 1.82) is 0 Å². The van der Waals surface area contributed by atoms with Crippen molar-refractivity contribution in [2.75, 3.05) is 18.4 Å². The number of benzene rings is 2. The summed E-state index contributed by atoms with van der Waals surface area (Å²) in [5, 5.41) is 22.6. The molecule has 7 nitrogen and oxygen atoms in total. The second kappa shape index (κ2) is 12.9. The molecule has 3 aromatic rings. The van der Waals surface area contributed by atoms with Gasteiger partial charge in [0.15, 0.2) is 0 Å². The summed E-state index contributed by atoms with van der Waals surface area (Å²) >= 11 is 0. The lowest BCUT2D eigenvalue weighted by atomic mass is 10.1. The lowest BCUT2D eigenvalue weighted by Gasteiger charge is -2.12. The van der Waals surface area contributed by atoms with Crippen LogP contribution in [0.2, 0.25) is 0 Å². The Morgan fingerprint density at radius 3 is 2.45 bits per heavy atom. The number of halogens is 2. The summed E-state index contributed by atoms with van der Waals surface area (Å²) in [7, 11) is 0. The van der Waals surface area contributed by atoms with E-state index in [2.05, 4.69) is 25.8 Å². The quantitative estimate of drug-likeness (QED) is 0.385. The SMILES string of the molecule is Cl.Cl.O=C(Cc1ncn[nH]1)Nc1ccc(CCNCC(O)c2ccccc2)cc1. The Labute approximate surface area is 182 Å². The van der Waals surface area contributed by atoms with Crippen molar-refractivity contribution in [3.05, 3.63) is 77.9 Å². The summed E-state index contributed by atoms with van der Waals surface area (Å²) in [5.74, 6) is 0.393. The zero-order valence-corrected chi connectivity index (χ0v) is 17.4. The zero-order chi connectivity index (χ0) is 18.9. The number of hydrogen-bond donors (Lipinski definition) is 4. The Hall–Kier alpha value is -2.45. The van der Waals surface area contributed by atoms with E-state index >= 15 is 0 Å². The highest BCUT2D eigenvalue weighted by Crippen LogP contribution is 2.12. The van der Waals surface area contributed by atoms with Crippen LogP contribution in [0, 0.1) is 0 Å². The summed E-state index contributed by atoms with van der Waals surface area (Å²) in [6.45, 7) is 1.28. The van der Waals surface area contributed by atoms with Crippen LogP contribution in [0.4, 0.5) is 5.69 Å². The highest BCUT2D eigenvalue weighted by atomic mass is 35.5. The third-order valence-electron chi connectivity index (χ3n) is 4.14. The van der Waals surface area contributed by atoms with Gasteiger partial charge in [0, 0.05) is 12.2 Å². The number of carbonyl (C=O) groups excluding carboxylic acids is 1. The molecule has 0 aliphatic rings. The lowest BCUT2D eigenvalue weighted by molar-refractivity contribution is -0.115. The number of anilines is 1. The van der Waals surface area contributed by atoms with E-state index in [0.29, 0.717) is 12.4 Å². The standard InChI is InChI=1S/C20H23N5O2.2ClH/c26-18(16-4-2-1-3-5-16)13-21-11-10-15-6-8-17(9-7-15)24-20(27)12-19-22-14-23-25-19;;/h1-9,14,18,21,26H,10-13H2,(H,24,27)(H,22,23,25);2*1H. The summed E-state index contributed by atoms with van der Waals surface area (Å²) < 4.78 is 0. The maximum atomic E-state index is 11.9. The van der Waals surface area contributed by atoms with Gasteiger partial charge in [0.2, 0.25) is 5.91 Å². The third-order valence-corrected chi connectivity index (χ3v) is 4.14. The van der Waals surface area contributed by atoms with Gasteiger partial charge in [0.1, 0.15) is 12.2 Å². The first-order valence-corrected chi connectivity index (χ1v) is 8.87. The Morgan fingerprint density at radius 1 is 1.07 bits per heavy atom. The second-order valence-electron chi connectivity index (χ2n) is 6.23. The number of rotatable bonds is 9. The monoisotopic (exact) mass is 437 g/mol. The molecule has 1 aromatic heterocycles. The van der Waals surface area contributed by atoms with Crippen LogP contribution in [0.25, 0.3) is 0 Å². The maximum Gasteiger partial charge on any atom is 0.232 e. The minimum atomic E-state index is -0.506. The fourth-order valence-electron chi connectivity index (χ4n) is 2.69. The van der Waals surface area contributed by atoms with Gasteiger partial charge in [0.25, 0.3) is 0 Å². The molecule has 1 atom stereocenters. The number of aliphatic hydroxyl groups excluding tert-OH is 1. The molecular weight excluding hydrogens is 413 g/mol. The molecule has 1 heterocycles. The third kappa shape index (κ3) is 8.21. The van der Waals surface area contributed by atoms with E-state index in [1.165, 1.54) is 6.33 Å².